The molecule has 0 aliphatic heterocycles. The zero-order valence-electron chi connectivity index (χ0n) is 11.7. The van der Waals surface area contributed by atoms with Crippen LogP contribution < -0.4 is 5.32 Å². The molecule has 0 saturated carbocycles. The van der Waals surface area contributed by atoms with Crippen LogP contribution in [0.5, 0.6) is 0 Å². The zero-order valence-corrected chi connectivity index (χ0v) is 11.7. The van der Waals surface area contributed by atoms with Crippen LogP contribution in [-0.2, 0) is 6.54 Å². The fraction of sp³-hybridized carbons (Fsp3) is 0.786. The molecule has 2 atom stereocenters. The van der Waals surface area contributed by atoms with Gasteiger partial charge in [0.2, 0.25) is 0 Å². The van der Waals surface area contributed by atoms with Crippen molar-refractivity contribution in [1.29, 1.82) is 0 Å². The Morgan fingerprint density at radius 3 is 2.71 bits per heavy atom. The van der Waals surface area contributed by atoms with Crippen LogP contribution in [0.1, 0.15) is 58.8 Å². The standard InChI is InChI=1S/C14H27N3/c1-5-8-15-13(11-12(4)6-2)14-16-9-10-17(14)7-3/h9-10,12-13,15H,5-8,11H2,1-4H3. The van der Waals surface area contributed by atoms with Crippen LogP contribution in [0.3, 0.4) is 0 Å². The minimum Gasteiger partial charge on any atom is -0.334 e. The van der Waals surface area contributed by atoms with Gasteiger partial charge in [-0.25, -0.2) is 4.98 Å². The van der Waals surface area contributed by atoms with Crippen molar-refractivity contribution < 1.29 is 0 Å². The Labute approximate surface area is 106 Å². The molecule has 3 nitrogen and oxygen atoms in total. The molecule has 1 rings (SSSR count). The molecule has 1 aromatic heterocycles. The average Bonchev–Trinajstić information content (AvgIpc) is 2.82. The third-order valence-electron chi connectivity index (χ3n) is 3.38. The molecule has 3 heteroatoms. The summed E-state index contributed by atoms with van der Waals surface area (Å²) in [4.78, 5) is 4.53. The van der Waals surface area contributed by atoms with Crippen molar-refractivity contribution >= 4 is 0 Å². The molecule has 0 amide bonds. The maximum atomic E-state index is 4.53. The van der Waals surface area contributed by atoms with Crippen molar-refractivity contribution in [3.05, 3.63) is 18.2 Å². The van der Waals surface area contributed by atoms with E-state index in [1.165, 1.54) is 25.1 Å². The van der Waals surface area contributed by atoms with Gasteiger partial charge in [-0.15, -0.1) is 0 Å². The van der Waals surface area contributed by atoms with Gasteiger partial charge in [0, 0.05) is 18.9 Å². The number of nitrogens with zero attached hydrogens (tertiary/aromatic N) is 2. The first-order valence-electron chi connectivity index (χ1n) is 6.97. The molecular formula is C14H27N3. The van der Waals surface area contributed by atoms with Gasteiger partial charge in [0.15, 0.2) is 0 Å². The van der Waals surface area contributed by atoms with E-state index in [2.05, 4.69) is 48.8 Å². The molecule has 17 heavy (non-hydrogen) atoms. The van der Waals surface area contributed by atoms with Gasteiger partial charge >= 0.3 is 0 Å². The molecule has 0 bridgehead atoms. The second-order valence-corrected chi connectivity index (χ2v) is 4.83. The van der Waals surface area contributed by atoms with Crippen LogP contribution in [0.2, 0.25) is 0 Å². The first-order valence-corrected chi connectivity index (χ1v) is 6.97. The fourth-order valence-electron chi connectivity index (χ4n) is 2.07. The third kappa shape index (κ3) is 4.15. The lowest BCUT2D eigenvalue weighted by molar-refractivity contribution is 0.380. The monoisotopic (exact) mass is 237 g/mol. The maximum absolute atomic E-state index is 4.53. The second kappa shape index (κ2) is 7.49. The molecule has 1 N–H and O–H groups in total. The molecule has 0 aromatic carbocycles. The van der Waals surface area contributed by atoms with Crippen molar-refractivity contribution in [2.75, 3.05) is 6.54 Å². The summed E-state index contributed by atoms with van der Waals surface area (Å²) in [6.07, 6.45) is 7.57. The molecular weight excluding hydrogens is 210 g/mol. The summed E-state index contributed by atoms with van der Waals surface area (Å²) in [6, 6.07) is 0.403. The zero-order chi connectivity index (χ0) is 12.7. The topological polar surface area (TPSA) is 29.9 Å². The Bertz CT molecular complexity index is 306. The first kappa shape index (κ1) is 14.2. The Hall–Kier alpha value is -0.830. The normalized spacial score (nSPS) is 14.8. The highest BCUT2D eigenvalue weighted by atomic mass is 15.1. The predicted molar refractivity (Wildman–Crippen MR) is 73.0 cm³/mol. The molecule has 0 aliphatic rings. The molecule has 2 unspecified atom stereocenters. The van der Waals surface area contributed by atoms with Crippen LogP contribution in [0, 0.1) is 5.92 Å². The predicted octanol–water partition coefficient (Wildman–Crippen LogP) is 3.38. The number of aromatic nitrogens is 2. The van der Waals surface area contributed by atoms with Gasteiger partial charge in [-0.05, 0) is 32.2 Å². The fourth-order valence-corrected chi connectivity index (χ4v) is 2.07. The lowest BCUT2D eigenvalue weighted by Crippen LogP contribution is -2.26. The van der Waals surface area contributed by atoms with E-state index in [0.717, 1.165) is 19.0 Å². The number of hydrogen-bond donors (Lipinski definition) is 1. The van der Waals surface area contributed by atoms with E-state index < -0.39 is 0 Å². The Morgan fingerprint density at radius 2 is 2.12 bits per heavy atom. The summed E-state index contributed by atoms with van der Waals surface area (Å²) in [5.41, 5.74) is 0. The van der Waals surface area contributed by atoms with Crippen molar-refractivity contribution in [3.8, 4) is 0 Å². The molecule has 0 aliphatic carbocycles. The van der Waals surface area contributed by atoms with Crippen molar-refractivity contribution in [2.45, 2.75) is 59.5 Å². The molecule has 98 valence electrons. The van der Waals surface area contributed by atoms with E-state index in [4.69, 9.17) is 0 Å². The van der Waals surface area contributed by atoms with Crippen LogP contribution in [-0.4, -0.2) is 16.1 Å². The maximum Gasteiger partial charge on any atom is 0.125 e. The van der Waals surface area contributed by atoms with E-state index >= 15 is 0 Å². The van der Waals surface area contributed by atoms with E-state index in [1.54, 1.807) is 0 Å². The van der Waals surface area contributed by atoms with Crippen LogP contribution >= 0.6 is 0 Å². The third-order valence-corrected chi connectivity index (χ3v) is 3.38. The second-order valence-electron chi connectivity index (χ2n) is 4.83. The minimum atomic E-state index is 0.403. The van der Waals surface area contributed by atoms with Crippen molar-refractivity contribution in [1.82, 2.24) is 14.9 Å². The largest absolute Gasteiger partial charge is 0.334 e. The molecule has 0 radical (unpaired) electrons. The van der Waals surface area contributed by atoms with E-state index in [-0.39, 0.29) is 0 Å². The number of nitrogens with one attached hydrogen (secondary N) is 1. The summed E-state index contributed by atoms with van der Waals surface area (Å²) in [6.45, 7) is 11.0. The smallest absolute Gasteiger partial charge is 0.125 e. The van der Waals surface area contributed by atoms with E-state index in [9.17, 15) is 0 Å². The number of rotatable bonds is 8. The minimum absolute atomic E-state index is 0.403. The highest BCUT2D eigenvalue weighted by molar-refractivity contribution is 4.99. The summed E-state index contributed by atoms with van der Waals surface area (Å²) >= 11 is 0. The number of imidazole rings is 1. The summed E-state index contributed by atoms with van der Waals surface area (Å²) < 4.78 is 2.25. The van der Waals surface area contributed by atoms with Crippen LogP contribution in [0.25, 0.3) is 0 Å². The van der Waals surface area contributed by atoms with Gasteiger partial charge in [0.25, 0.3) is 0 Å². The number of hydrogen-bond acceptors (Lipinski definition) is 2. The van der Waals surface area contributed by atoms with Gasteiger partial charge in [-0.3, -0.25) is 0 Å². The molecule has 1 heterocycles. The van der Waals surface area contributed by atoms with Gasteiger partial charge in [0.05, 0.1) is 6.04 Å². The van der Waals surface area contributed by atoms with E-state index in [1.807, 2.05) is 6.20 Å². The lowest BCUT2D eigenvalue weighted by atomic mass is 9.98. The van der Waals surface area contributed by atoms with E-state index in [0.29, 0.717) is 6.04 Å². The summed E-state index contributed by atoms with van der Waals surface area (Å²) in [5, 5.41) is 3.63. The lowest BCUT2D eigenvalue weighted by Gasteiger charge is -2.22. The van der Waals surface area contributed by atoms with Crippen LogP contribution in [0.4, 0.5) is 0 Å². The van der Waals surface area contributed by atoms with Gasteiger partial charge in [-0.1, -0.05) is 27.2 Å². The Balaban J connectivity index is 2.74. The molecule has 0 fully saturated rings. The summed E-state index contributed by atoms with van der Waals surface area (Å²) in [5.74, 6) is 1.94. The van der Waals surface area contributed by atoms with Gasteiger partial charge in [0.1, 0.15) is 5.82 Å². The van der Waals surface area contributed by atoms with Crippen LogP contribution in [0.15, 0.2) is 12.4 Å². The Kier molecular flexibility index (Phi) is 6.27. The molecule has 0 saturated heterocycles. The summed E-state index contributed by atoms with van der Waals surface area (Å²) in [7, 11) is 0. The average molecular weight is 237 g/mol. The Morgan fingerprint density at radius 1 is 1.35 bits per heavy atom. The molecule has 0 spiro atoms. The highest BCUT2D eigenvalue weighted by Crippen LogP contribution is 2.22. The SMILES string of the molecule is CCCNC(CC(C)CC)c1nccn1CC. The number of aryl methyl sites for hydroxylation is 1. The van der Waals surface area contributed by atoms with Crippen molar-refractivity contribution in [3.63, 3.8) is 0 Å². The highest BCUT2D eigenvalue weighted by Gasteiger charge is 2.17. The van der Waals surface area contributed by atoms with Gasteiger partial charge in [-0.2, -0.15) is 0 Å². The van der Waals surface area contributed by atoms with Crippen molar-refractivity contribution in [2.24, 2.45) is 5.92 Å². The first-order chi connectivity index (χ1) is 8.22. The quantitative estimate of drug-likeness (QED) is 0.751. The molecule has 1 aromatic rings. The van der Waals surface area contributed by atoms with Gasteiger partial charge < -0.3 is 9.88 Å².